The van der Waals surface area contributed by atoms with E-state index in [1.807, 2.05) is 26.2 Å². The minimum absolute atomic E-state index is 0.418. The Hall–Kier alpha value is -1.47. The summed E-state index contributed by atoms with van der Waals surface area (Å²) < 4.78 is 7.72. The number of hydrogen-bond acceptors (Lipinski definition) is 5. The Morgan fingerprint density at radius 3 is 2.79 bits per heavy atom. The molecule has 102 valence electrons. The molecular weight excluding hydrogens is 310 g/mol. The van der Waals surface area contributed by atoms with Gasteiger partial charge in [-0.25, -0.2) is 9.97 Å². The molecule has 0 unspecified atom stereocenters. The molecule has 0 aliphatic carbocycles. The molecule has 2 aromatic heterocycles. The molecule has 0 amide bonds. The van der Waals surface area contributed by atoms with Gasteiger partial charge in [-0.3, -0.25) is 4.68 Å². The second-order valence-corrected chi connectivity index (χ2v) is 4.79. The largest absolute Gasteiger partial charge is 0.378 e. The van der Waals surface area contributed by atoms with Gasteiger partial charge in [0.05, 0.1) is 16.8 Å². The van der Waals surface area contributed by atoms with Gasteiger partial charge in [-0.15, -0.1) is 0 Å². The van der Waals surface area contributed by atoms with E-state index in [1.165, 1.54) is 0 Å². The van der Waals surface area contributed by atoms with Crippen molar-refractivity contribution in [2.75, 3.05) is 19.0 Å². The normalized spacial score (nSPS) is 10.7. The Kier molecular flexibility index (Phi) is 4.49. The van der Waals surface area contributed by atoms with Crippen molar-refractivity contribution in [1.29, 1.82) is 0 Å². The van der Waals surface area contributed by atoms with Crippen molar-refractivity contribution < 1.29 is 4.74 Å². The number of nitrogens with zero attached hydrogens (tertiary/aromatic N) is 4. The average Bonchev–Trinajstić information content (AvgIpc) is 2.81. The highest BCUT2D eigenvalue weighted by molar-refractivity contribution is 9.10. The van der Waals surface area contributed by atoms with Crippen molar-refractivity contribution in [2.24, 2.45) is 7.05 Å². The number of rotatable bonds is 5. The zero-order valence-electron chi connectivity index (χ0n) is 11.1. The minimum atomic E-state index is 0.418. The Morgan fingerprint density at radius 2 is 2.21 bits per heavy atom. The van der Waals surface area contributed by atoms with Crippen molar-refractivity contribution in [3.8, 4) is 11.5 Å². The summed E-state index contributed by atoms with van der Waals surface area (Å²) >= 11 is 3.50. The Balaban J connectivity index is 2.48. The lowest BCUT2D eigenvalue weighted by Crippen LogP contribution is -2.07. The lowest BCUT2D eigenvalue weighted by molar-refractivity contribution is 0.181. The van der Waals surface area contributed by atoms with E-state index >= 15 is 0 Å². The summed E-state index contributed by atoms with van der Waals surface area (Å²) in [6.07, 6.45) is 1.86. The highest BCUT2D eigenvalue weighted by Gasteiger charge is 2.14. The molecule has 0 saturated heterocycles. The van der Waals surface area contributed by atoms with Crippen molar-refractivity contribution >= 4 is 21.7 Å². The molecule has 0 aliphatic rings. The van der Waals surface area contributed by atoms with E-state index in [0.717, 1.165) is 28.2 Å². The second kappa shape index (κ2) is 6.12. The summed E-state index contributed by atoms with van der Waals surface area (Å²) in [6, 6.07) is 1.88. The van der Waals surface area contributed by atoms with E-state index in [9.17, 15) is 0 Å². The van der Waals surface area contributed by atoms with Gasteiger partial charge in [-0.2, -0.15) is 5.10 Å². The predicted octanol–water partition coefficient (Wildman–Crippen LogP) is 2.22. The van der Waals surface area contributed by atoms with Crippen LogP contribution in [0.5, 0.6) is 0 Å². The number of halogens is 1. The molecule has 0 atom stereocenters. The topological polar surface area (TPSA) is 64.9 Å². The first-order chi connectivity index (χ1) is 9.15. The van der Waals surface area contributed by atoms with E-state index in [2.05, 4.69) is 36.3 Å². The average molecular weight is 326 g/mol. The molecular formula is C12H16BrN5O. The number of aromatic nitrogens is 4. The van der Waals surface area contributed by atoms with Crippen LogP contribution in [0.15, 0.2) is 16.7 Å². The van der Waals surface area contributed by atoms with Crippen LogP contribution in [-0.2, 0) is 18.4 Å². The molecule has 7 heteroatoms. The Morgan fingerprint density at radius 1 is 1.42 bits per heavy atom. The van der Waals surface area contributed by atoms with Crippen LogP contribution in [0.1, 0.15) is 12.6 Å². The standard InChI is InChI=1S/C12H16BrN5O/c1-4-14-12-10(13)9(7-19-3)15-11(16-12)8-5-6-18(2)17-8/h5-6H,4,7H2,1-3H3,(H,14,15,16). The maximum Gasteiger partial charge on any atom is 0.182 e. The molecule has 19 heavy (non-hydrogen) atoms. The van der Waals surface area contributed by atoms with Gasteiger partial charge >= 0.3 is 0 Å². The van der Waals surface area contributed by atoms with Crippen LogP contribution < -0.4 is 5.32 Å². The molecule has 2 heterocycles. The molecule has 6 nitrogen and oxygen atoms in total. The third kappa shape index (κ3) is 3.10. The molecule has 0 fully saturated rings. The number of aryl methyl sites for hydroxylation is 1. The van der Waals surface area contributed by atoms with Crippen molar-refractivity contribution in [2.45, 2.75) is 13.5 Å². The van der Waals surface area contributed by atoms with Gasteiger partial charge < -0.3 is 10.1 Å². The highest BCUT2D eigenvalue weighted by atomic mass is 79.9. The molecule has 0 bridgehead atoms. The lowest BCUT2D eigenvalue weighted by Gasteiger charge is -2.10. The van der Waals surface area contributed by atoms with E-state index in [4.69, 9.17) is 4.74 Å². The summed E-state index contributed by atoms with van der Waals surface area (Å²) in [5.41, 5.74) is 1.54. The van der Waals surface area contributed by atoms with Crippen molar-refractivity contribution in [3.63, 3.8) is 0 Å². The van der Waals surface area contributed by atoms with Crippen molar-refractivity contribution in [3.05, 3.63) is 22.4 Å². The van der Waals surface area contributed by atoms with Crippen molar-refractivity contribution in [1.82, 2.24) is 19.7 Å². The zero-order chi connectivity index (χ0) is 13.8. The first-order valence-corrected chi connectivity index (χ1v) is 6.74. The summed E-state index contributed by atoms with van der Waals surface area (Å²) in [7, 11) is 3.51. The van der Waals surface area contributed by atoms with Gasteiger partial charge in [0.2, 0.25) is 0 Å². The van der Waals surface area contributed by atoms with Crippen LogP contribution in [-0.4, -0.2) is 33.4 Å². The number of anilines is 1. The number of nitrogens with one attached hydrogen (secondary N) is 1. The monoisotopic (exact) mass is 325 g/mol. The molecule has 2 rings (SSSR count). The van der Waals surface area contributed by atoms with Crippen LogP contribution in [0.25, 0.3) is 11.5 Å². The first kappa shape index (κ1) is 14.0. The first-order valence-electron chi connectivity index (χ1n) is 5.95. The fourth-order valence-corrected chi connectivity index (χ4v) is 2.09. The summed E-state index contributed by atoms with van der Waals surface area (Å²) in [5, 5.41) is 7.52. The zero-order valence-corrected chi connectivity index (χ0v) is 12.7. The van der Waals surface area contributed by atoms with Gasteiger partial charge in [0.25, 0.3) is 0 Å². The second-order valence-electron chi connectivity index (χ2n) is 3.99. The minimum Gasteiger partial charge on any atom is -0.378 e. The third-order valence-corrected chi connectivity index (χ3v) is 3.32. The smallest absolute Gasteiger partial charge is 0.182 e. The molecule has 0 spiro atoms. The molecule has 1 N–H and O–H groups in total. The SMILES string of the molecule is CCNc1nc(-c2ccn(C)n2)nc(COC)c1Br. The lowest BCUT2D eigenvalue weighted by atomic mass is 10.3. The van der Waals surface area contributed by atoms with Gasteiger partial charge in [-0.1, -0.05) is 0 Å². The quantitative estimate of drug-likeness (QED) is 0.913. The molecule has 0 aromatic carbocycles. The van der Waals surface area contributed by atoms with Gasteiger partial charge in [-0.05, 0) is 28.9 Å². The third-order valence-electron chi connectivity index (χ3n) is 2.49. The molecule has 0 aliphatic heterocycles. The van der Waals surface area contributed by atoms with E-state index in [1.54, 1.807) is 11.8 Å². The highest BCUT2D eigenvalue weighted by Crippen LogP contribution is 2.27. The Bertz CT molecular complexity index is 542. The molecule has 0 radical (unpaired) electrons. The van der Waals surface area contributed by atoms with Crippen LogP contribution in [0.3, 0.4) is 0 Å². The van der Waals surface area contributed by atoms with E-state index < -0.39 is 0 Å². The van der Waals surface area contributed by atoms with Crippen LogP contribution in [0.2, 0.25) is 0 Å². The van der Waals surface area contributed by atoms with Crippen LogP contribution in [0, 0.1) is 0 Å². The number of hydrogen-bond donors (Lipinski definition) is 1. The summed E-state index contributed by atoms with van der Waals surface area (Å²) in [4.78, 5) is 8.98. The molecule has 2 aromatic rings. The van der Waals surface area contributed by atoms with Crippen LogP contribution >= 0.6 is 15.9 Å². The predicted molar refractivity (Wildman–Crippen MR) is 76.8 cm³/mol. The number of ether oxygens (including phenoxy) is 1. The van der Waals surface area contributed by atoms with Gasteiger partial charge in [0.15, 0.2) is 5.82 Å². The van der Waals surface area contributed by atoms with Gasteiger partial charge in [0.1, 0.15) is 11.5 Å². The maximum absolute atomic E-state index is 5.16. The fraction of sp³-hybridized carbons (Fsp3) is 0.417. The van der Waals surface area contributed by atoms with E-state index in [-0.39, 0.29) is 0 Å². The Labute approximate surface area is 120 Å². The summed E-state index contributed by atoms with van der Waals surface area (Å²) in [5.74, 6) is 1.34. The molecule has 0 saturated carbocycles. The van der Waals surface area contributed by atoms with E-state index in [0.29, 0.717) is 12.4 Å². The van der Waals surface area contributed by atoms with Gasteiger partial charge in [0, 0.05) is 26.9 Å². The number of methoxy groups -OCH3 is 1. The fourth-order valence-electron chi connectivity index (χ4n) is 1.66. The maximum atomic E-state index is 5.16. The summed E-state index contributed by atoms with van der Waals surface area (Å²) in [6.45, 7) is 3.22. The van der Waals surface area contributed by atoms with Crippen LogP contribution in [0.4, 0.5) is 5.82 Å².